The van der Waals surface area contributed by atoms with E-state index in [0.717, 1.165) is 40.4 Å². The van der Waals surface area contributed by atoms with Gasteiger partial charge in [-0.2, -0.15) is 0 Å². The molecular weight excluding hydrogens is 324 g/mol. The molecule has 0 aliphatic heterocycles. The van der Waals surface area contributed by atoms with Crippen LogP contribution in [-0.2, 0) is 0 Å². The lowest BCUT2D eigenvalue weighted by Crippen LogP contribution is -2.20. The Labute approximate surface area is 154 Å². The Morgan fingerprint density at radius 3 is 2.62 bits per heavy atom. The zero-order valence-electron chi connectivity index (χ0n) is 16.3. The standard InChI is InChI=1S/C20H26N6/c1-13(2)23-16-7-8-17(24-14(16)3)15-9-10-26-18(15)11-21-19(25-26)22-12-20(4,5)6/h7-11H,12H2,1-6H3,(H,22,25). The van der Waals surface area contributed by atoms with Crippen molar-refractivity contribution in [1.82, 2.24) is 19.6 Å². The number of anilines is 1. The summed E-state index contributed by atoms with van der Waals surface area (Å²) in [7, 11) is 0. The predicted octanol–water partition coefficient (Wildman–Crippen LogP) is 4.67. The first-order chi connectivity index (χ1) is 12.2. The van der Waals surface area contributed by atoms with Crippen LogP contribution in [0.15, 0.2) is 35.6 Å². The molecule has 0 aromatic carbocycles. The Balaban J connectivity index is 1.92. The van der Waals surface area contributed by atoms with Crippen molar-refractivity contribution in [2.45, 2.75) is 41.5 Å². The molecule has 6 heteroatoms. The van der Waals surface area contributed by atoms with Gasteiger partial charge in [0.05, 0.1) is 28.8 Å². The van der Waals surface area contributed by atoms with E-state index >= 15 is 0 Å². The molecule has 1 N–H and O–H groups in total. The van der Waals surface area contributed by atoms with Gasteiger partial charge in [0.1, 0.15) is 0 Å². The molecule has 0 bridgehead atoms. The smallest absolute Gasteiger partial charge is 0.241 e. The van der Waals surface area contributed by atoms with Crippen LogP contribution < -0.4 is 5.32 Å². The van der Waals surface area contributed by atoms with Gasteiger partial charge in [-0.3, -0.25) is 9.98 Å². The van der Waals surface area contributed by atoms with Crippen LogP contribution in [0.25, 0.3) is 16.8 Å². The molecule has 3 rings (SSSR count). The molecule has 0 saturated carbocycles. The molecule has 0 aliphatic rings. The van der Waals surface area contributed by atoms with E-state index in [0.29, 0.717) is 5.95 Å². The molecule has 136 valence electrons. The fourth-order valence-corrected chi connectivity index (χ4v) is 2.60. The zero-order valence-corrected chi connectivity index (χ0v) is 16.3. The molecular formula is C20H26N6. The average Bonchev–Trinajstić information content (AvgIpc) is 2.97. The number of aryl methyl sites for hydroxylation is 1. The molecule has 26 heavy (non-hydrogen) atoms. The minimum atomic E-state index is 0.169. The number of aliphatic imine (C=N–C) groups is 1. The number of pyridine rings is 1. The molecule has 0 aliphatic carbocycles. The summed E-state index contributed by atoms with van der Waals surface area (Å²) in [6.07, 6.45) is 3.78. The van der Waals surface area contributed by atoms with Crippen molar-refractivity contribution in [2.24, 2.45) is 10.4 Å². The van der Waals surface area contributed by atoms with Crippen molar-refractivity contribution in [3.8, 4) is 11.3 Å². The van der Waals surface area contributed by atoms with Gasteiger partial charge in [-0.05, 0) is 44.4 Å². The maximum absolute atomic E-state index is 4.72. The highest BCUT2D eigenvalue weighted by Crippen LogP contribution is 2.27. The quantitative estimate of drug-likeness (QED) is 0.694. The van der Waals surface area contributed by atoms with Crippen LogP contribution in [0.3, 0.4) is 0 Å². The molecule has 0 saturated heterocycles. The van der Waals surface area contributed by atoms with E-state index in [2.05, 4.69) is 41.2 Å². The molecule has 0 fully saturated rings. The van der Waals surface area contributed by atoms with Crippen LogP contribution in [0, 0.1) is 12.3 Å². The van der Waals surface area contributed by atoms with Gasteiger partial charge in [-0.15, -0.1) is 5.10 Å². The van der Waals surface area contributed by atoms with E-state index < -0.39 is 0 Å². The number of nitrogens with one attached hydrogen (secondary N) is 1. The summed E-state index contributed by atoms with van der Waals surface area (Å²) in [4.78, 5) is 13.7. The summed E-state index contributed by atoms with van der Waals surface area (Å²) < 4.78 is 1.84. The zero-order chi connectivity index (χ0) is 18.9. The SMILES string of the molecule is CC(C)=Nc1ccc(-c2ccn3nc(NCC(C)(C)C)ncc23)nc1C. The maximum atomic E-state index is 4.72. The second kappa shape index (κ2) is 6.86. The van der Waals surface area contributed by atoms with Crippen LogP contribution in [0.2, 0.25) is 0 Å². The molecule has 6 nitrogen and oxygen atoms in total. The van der Waals surface area contributed by atoms with Crippen LogP contribution in [0.4, 0.5) is 11.6 Å². The molecule has 0 unspecified atom stereocenters. The second-order valence-electron chi connectivity index (χ2n) is 7.92. The van der Waals surface area contributed by atoms with Crippen LogP contribution in [0.1, 0.15) is 40.3 Å². The van der Waals surface area contributed by atoms with Gasteiger partial charge < -0.3 is 5.32 Å². The highest BCUT2D eigenvalue weighted by Gasteiger charge is 2.13. The fraction of sp³-hybridized carbons (Fsp3) is 0.400. The Hall–Kier alpha value is -2.76. The summed E-state index contributed by atoms with van der Waals surface area (Å²) >= 11 is 0. The van der Waals surface area contributed by atoms with Crippen molar-refractivity contribution in [2.75, 3.05) is 11.9 Å². The summed E-state index contributed by atoms with van der Waals surface area (Å²) in [6, 6.07) is 6.03. The van der Waals surface area contributed by atoms with E-state index in [4.69, 9.17) is 4.98 Å². The van der Waals surface area contributed by atoms with Gasteiger partial charge in [0.15, 0.2) is 0 Å². The normalized spacial score (nSPS) is 11.6. The molecule has 0 atom stereocenters. The third kappa shape index (κ3) is 4.07. The van der Waals surface area contributed by atoms with Crippen molar-refractivity contribution >= 4 is 22.9 Å². The van der Waals surface area contributed by atoms with Gasteiger partial charge in [0.2, 0.25) is 5.95 Å². The summed E-state index contributed by atoms with van der Waals surface area (Å²) in [5, 5.41) is 7.84. The van der Waals surface area contributed by atoms with Gasteiger partial charge in [0.25, 0.3) is 0 Å². The highest BCUT2D eigenvalue weighted by molar-refractivity contribution is 5.83. The third-order valence-electron chi connectivity index (χ3n) is 3.87. The number of rotatable bonds is 4. The topological polar surface area (TPSA) is 67.5 Å². The van der Waals surface area contributed by atoms with Crippen LogP contribution in [-0.4, -0.2) is 31.8 Å². The van der Waals surface area contributed by atoms with Crippen LogP contribution in [0.5, 0.6) is 0 Å². The molecule has 0 radical (unpaired) electrons. The number of fused-ring (bicyclic) bond motifs is 1. The van der Waals surface area contributed by atoms with E-state index in [1.54, 1.807) is 0 Å². The summed E-state index contributed by atoms with van der Waals surface area (Å²) in [6.45, 7) is 13.3. The number of nitrogens with zero attached hydrogens (tertiary/aromatic N) is 5. The second-order valence-corrected chi connectivity index (χ2v) is 7.92. The Bertz CT molecular complexity index is 958. The number of hydrogen-bond acceptors (Lipinski definition) is 5. The van der Waals surface area contributed by atoms with Crippen molar-refractivity contribution < 1.29 is 0 Å². The molecule has 3 heterocycles. The van der Waals surface area contributed by atoms with E-state index in [9.17, 15) is 0 Å². The first kappa shape index (κ1) is 18.0. The Morgan fingerprint density at radius 2 is 1.96 bits per heavy atom. The minimum Gasteiger partial charge on any atom is -0.352 e. The van der Waals surface area contributed by atoms with E-state index in [-0.39, 0.29) is 5.41 Å². The first-order valence-electron chi connectivity index (χ1n) is 8.81. The van der Waals surface area contributed by atoms with Gasteiger partial charge >= 0.3 is 0 Å². The Morgan fingerprint density at radius 1 is 1.19 bits per heavy atom. The Kier molecular flexibility index (Phi) is 4.76. The molecule has 3 aromatic rings. The lowest BCUT2D eigenvalue weighted by Gasteiger charge is -2.18. The lowest BCUT2D eigenvalue weighted by atomic mass is 9.97. The molecule has 0 amide bonds. The average molecular weight is 350 g/mol. The number of hydrogen-bond donors (Lipinski definition) is 1. The minimum absolute atomic E-state index is 0.169. The van der Waals surface area contributed by atoms with Crippen LogP contribution >= 0.6 is 0 Å². The van der Waals surface area contributed by atoms with Gasteiger partial charge in [-0.1, -0.05) is 20.8 Å². The lowest BCUT2D eigenvalue weighted by molar-refractivity contribution is 0.441. The number of aromatic nitrogens is 4. The third-order valence-corrected chi connectivity index (χ3v) is 3.87. The van der Waals surface area contributed by atoms with Crippen molar-refractivity contribution in [1.29, 1.82) is 0 Å². The van der Waals surface area contributed by atoms with Gasteiger partial charge in [-0.25, -0.2) is 9.50 Å². The monoisotopic (exact) mass is 350 g/mol. The maximum Gasteiger partial charge on any atom is 0.241 e. The van der Waals surface area contributed by atoms with Crippen molar-refractivity contribution in [3.05, 3.63) is 36.3 Å². The van der Waals surface area contributed by atoms with E-state index in [1.165, 1.54) is 0 Å². The van der Waals surface area contributed by atoms with Gasteiger partial charge in [0, 0.05) is 24.0 Å². The molecule has 0 spiro atoms. The summed E-state index contributed by atoms with van der Waals surface area (Å²) in [5.74, 6) is 0.627. The largest absolute Gasteiger partial charge is 0.352 e. The predicted molar refractivity (Wildman–Crippen MR) is 107 cm³/mol. The summed E-state index contributed by atoms with van der Waals surface area (Å²) in [5.41, 5.74) is 5.84. The highest BCUT2D eigenvalue weighted by atomic mass is 15.3. The fourth-order valence-electron chi connectivity index (χ4n) is 2.60. The first-order valence-corrected chi connectivity index (χ1v) is 8.81. The van der Waals surface area contributed by atoms with Crippen molar-refractivity contribution in [3.63, 3.8) is 0 Å². The molecule has 3 aromatic heterocycles. The van der Waals surface area contributed by atoms with E-state index in [1.807, 2.05) is 55.9 Å².